The lowest BCUT2D eigenvalue weighted by molar-refractivity contribution is -0.167. The van der Waals surface area contributed by atoms with E-state index in [1.54, 1.807) is 0 Å². The van der Waals surface area contributed by atoms with Crippen LogP contribution in [0.1, 0.15) is 419 Å². The molecule has 0 aliphatic heterocycles. The summed E-state index contributed by atoms with van der Waals surface area (Å²) in [6.45, 7) is 6.69. The fourth-order valence-electron chi connectivity index (χ4n) is 11.5. The van der Waals surface area contributed by atoms with Crippen molar-refractivity contribution in [1.82, 2.24) is 0 Å². The van der Waals surface area contributed by atoms with Gasteiger partial charge >= 0.3 is 17.9 Å². The molecule has 0 saturated heterocycles. The van der Waals surface area contributed by atoms with Crippen molar-refractivity contribution in [1.29, 1.82) is 0 Å². The Kier molecular flexibility index (Phi) is 70.0. The van der Waals surface area contributed by atoms with E-state index in [0.717, 1.165) is 70.6 Å². The summed E-state index contributed by atoms with van der Waals surface area (Å²) in [5.41, 5.74) is 0. The zero-order chi connectivity index (χ0) is 59.9. The van der Waals surface area contributed by atoms with E-state index in [9.17, 15) is 14.4 Å². The van der Waals surface area contributed by atoms with Gasteiger partial charge in [-0.2, -0.15) is 0 Å². The van der Waals surface area contributed by atoms with Crippen molar-refractivity contribution >= 4 is 17.9 Å². The maximum absolute atomic E-state index is 12.9. The molecule has 0 aliphatic rings. The average Bonchev–Trinajstić information content (AvgIpc) is 3.49. The molecule has 0 bridgehead atoms. The fraction of sp³-hybridized carbons (Fsp3) is 0.883. The fourth-order valence-corrected chi connectivity index (χ4v) is 11.5. The van der Waals surface area contributed by atoms with E-state index in [-0.39, 0.29) is 31.1 Å². The first-order valence-electron chi connectivity index (χ1n) is 37.5. The second-order valence-corrected chi connectivity index (χ2v) is 25.6. The Morgan fingerprint density at radius 2 is 0.434 bits per heavy atom. The lowest BCUT2D eigenvalue weighted by Crippen LogP contribution is -2.30. The smallest absolute Gasteiger partial charge is 0.306 e. The van der Waals surface area contributed by atoms with Crippen LogP contribution in [0, 0.1) is 0 Å². The first-order valence-corrected chi connectivity index (χ1v) is 37.5. The zero-order valence-electron chi connectivity index (χ0n) is 56.2. The molecule has 6 nitrogen and oxygen atoms in total. The summed E-state index contributed by atoms with van der Waals surface area (Å²) in [6.07, 6.45) is 90.6. The van der Waals surface area contributed by atoms with E-state index in [1.165, 1.54) is 308 Å². The van der Waals surface area contributed by atoms with Crippen LogP contribution in [-0.4, -0.2) is 37.2 Å². The molecule has 0 spiro atoms. The molecular formula is C77H144O6. The van der Waals surface area contributed by atoms with Crippen LogP contribution in [-0.2, 0) is 28.6 Å². The number of allylic oxidation sites excluding steroid dienone is 6. The standard InChI is InChI=1S/C77H144O6/c1-4-7-10-13-16-19-22-25-28-30-31-32-33-34-35-36-37-38-39-40-41-42-43-44-45-46-47-48-50-52-55-58-61-64-67-70-76(79)82-73-74(72-81-75(78)69-66-63-60-57-54-51-27-24-21-18-15-12-9-6-3)83-77(80)71-68-65-62-59-56-53-49-29-26-23-20-17-14-11-8-5-2/h22,24-25,27,30-31,74H,4-21,23,26,28-29,32-73H2,1-3H3/b25-22-,27-24-,31-30-. The number of ether oxygens (including phenoxy) is 3. The van der Waals surface area contributed by atoms with Gasteiger partial charge in [0.25, 0.3) is 0 Å². The Morgan fingerprint density at radius 1 is 0.241 bits per heavy atom. The molecule has 0 aromatic carbocycles. The average molecular weight is 1170 g/mol. The monoisotopic (exact) mass is 1170 g/mol. The maximum atomic E-state index is 12.9. The molecule has 0 saturated carbocycles. The van der Waals surface area contributed by atoms with Gasteiger partial charge in [0.2, 0.25) is 0 Å². The van der Waals surface area contributed by atoms with Crippen molar-refractivity contribution in [2.24, 2.45) is 0 Å². The van der Waals surface area contributed by atoms with Gasteiger partial charge in [0.05, 0.1) is 0 Å². The lowest BCUT2D eigenvalue weighted by Gasteiger charge is -2.18. The third-order valence-corrected chi connectivity index (χ3v) is 17.1. The summed E-state index contributed by atoms with van der Waals surface area (Å²) >= 11 is 0. The molecule has 0 aromatic heterocycles. The Morgan fingerprint density at radius 3 is 0.675 bits per heavy atom. The van der Waals surface area contributed by atoms with E-state index in [2.05, 4.69) is 57.2 Å². The lowest BCUT2D eigenvalue weighted by atomic mass is 10.0. The Labute approximate surface area is 518 Å². The first kappa shape index (κ1) is 80.6. The minimum absolute atomic E-state index is 0.0678. The molecule has 6 heteroatoms. The normalized spacial score (nSPS) is 12.2. The van der Waals surface area contributed by atoms with Crippen LogP contribution in [0.3, 0.4) is 0 Å². The summed E-state index contributed by atoms with van der Waals surface area (Å²) in [7, 11) is 0. The minimum atomic E-state index is -0.772. The summed E-state index contributed by atoms with van der Waals surface area (Å²) in [5, 5.41) is 0. The van der Waals surface area contributed by atoms with Crippen LogP contribution < -0.4 is 0 Å². The van der Waals surface area contributed by atoms with Crippen molar-refractivity contribution in [2.75, 3.05) is 13.2 Å². The highest BCUT2D eigenvalue weighted by Gasteiger charge is 2.20. The van der Waals surface area contributed by atoms with Gasteiger partial charge in [0, 0.05) is 19.3 Å². The number of esters is 3. The zero-order valence-corrected chi connectivity index (χ0v) is 56.2. The summed E-state index contributed by atoms with van der Waals surface area (Å²) in [5.74, 6) is -0.845. The highest BCUT2D eigenvalue weighted by molar-refractivity contribution is 5.71. The van der Waals surface area contributed by atoms with Crippen LogP contribution >= 0.6 is 0 Å². The Balaban J connectivity index is 4.07. The molecule has 1 atom stereocenters. The first-order chi connectivity index (χ1) is 41.0. The molecule has 0 fully saturated rings. The van der Waals surface area contributed by atoms with E-state index < -0.39 is 6.10 Å². The van der Waals surface area contributed by atoms with Crippen molar-refractivity contribution in [3.8, 4) is 0 Å². The second kappa shape index (κ2) is 72.1. The highest BCUT2D eigenvalue weighted by Crippen LogP contribution is 2.19. The number of unbranched alkanes of at least 4 members (excludes halogenated alkanes) is 53. The molecule has 0 heterocycles. The van der Waals surface area contributed by atoms with Gasteiger partial charge < -0.3 is 14.2 Å². The van der Waals surface area contributed by atoms with Gasteiger partial charge in [-0.15, -0.1) is 0 Å². The quantitative estimate of drug-likeness (QED) is 0.0261. The third kappa shape index (κ3) is 70.3. The van der Waals surface area contributed by atoms with Crippen LogP contribution in [0.15, 0.2) is 36.5 Å². The molecule has 488 valence electrons. The number of hydrogen-bond acceptors (Lipinski definition) is 6. The highest BCUT2D eigenvalue weighted by atomic mass is 16.6. The van der Waals surface area contributed by atoms with Crippen molar-refractivity contribution < 1.29 is 28.6 Å². The number of hydrogen-bond donors (Lipinski definition) is 0. The topological polar surface area (TPSA) is 78.9 Å². The second-order valence-electron chi connectivity index (χ2n) is 25.6. The number of carbonyl (C=O) groups excluding carboxylic acids is 3. The third-order valence-electron chi connectivity index (χ3n) is 17.1. The number of rotatable bonds is 70. The van der Waals surface area contributed by atoms with Crippen molar-refractivity contribution in [3.05, 3.63) is 36.5 Å². The predicted octanol–water partition coefficient (Wildman–Crippen LogP) is 25.9. The van der Waals surface area contributed by atoms with E-state index in [0.29, 0.717) is 19.3 Å². The molecule has 0 radical (unpaired) electrons. The summed E-state index contributed by atoms with van der Waals surface area (Å²) in [4.78, 5) is 38.4. The Bertz CT molecular complexity index is 1380. The Hall–Kier alpha value is -2.37. The van der Waals surface area contributed by atoms with Gasteiger partial charge in [-0.3, -0.25) is 14.4 Å². The van der Waals surface area contributed by atoms with E-state index in [1.807, 2.05) is 0 Å². The molecule has 0 amide bonds. The summed E-state index contributed by atoms with van der Waals surface area (Å²) < 4.78 is 17.0. The molecule has 1 unspecified atom stereocenters. The predicted molar refractivity (Wildman–Crippen MR) is 362 cm³/mol. The van der Waals surface area contributed by atoms with Crippen molar-refractivity contribution in [3.63, 3.8) is 0 Å². The number of carbonyl (C=O) groups is 3. The van der Waals surface area contributed by atoms with Gasteiger partial charge in [-0.25, -0.2) is 0 Å². The van der Waals surface area contributed by atoms with Crippen molar-refractivity contribution in [2.45, 2.75) is 425 Å². The van der Waals surface area contributed by atoms with Crippen LogP contribution in [0.4, 0.5) is 0 Å². The molecule has 0 N–H and O–H groups in total. The van der Waals surface area contributed by atoms with Crippen LogP contribution in [0.5, 0.6) is 0 Å². The SMILES string of the molecule is CCCCCCC/C=C\C/C=C\CCCCCCCCCCCCCCCCCCCCCCCCCC(=O)OCC(COC(=O)CCCCCCC/C=C\CCCCCCC)OC(=O)CCCCCCCCCCCCCCCCCC. The molecule has 83 heavy (non-hydrogen) atoms. The van der Waals surface area contributed by atoms with Gasteiger partial charge in [-0.1, -0.05) is 359 Å². The van der Waals surface area contributed by atoms with Gasteiger partial charge in [0.1, 0.15) is 13.2 Å². The molecule has 0 aliphatic carbocycles. The van der Waals surface area contributed by atoms with E-state index >= 15 is 0 Å². The van der Waals surface area contributed by atoms with E-state index in [4.69, 9.17) is 14.2 Å². The summed E-state index contributed by atoms with van der Waals surface area (Å²) in [6, 6.07) is 0. The van der Waals surface area contributed by atoms with Gasteiger partial charge in [0.15, 0.2) is 6.10 Å². The molecule has 0 aromatic rings. The molecule has 0 rings (SSSR count). The van der Waals surface area contributed by atoms with Gasteiger partial charge in [-0.05, 0) is 77.0 Å². The largest absolute Gasteiger partial charge is 0.462 e. The maximum Gasteiger partial charge on any atom is 0.306 e. The molecular weight excluding hydrogens is 1020 g/mol. The minimum Gasteiger partial charge on any atom is -0.462 e. The van der Waals surface area contributed by atoms with Crippen LogP contribution in [0.2, 0.25) is 0 Å². The van der Waals surface area contributed by atoms with Crippen LogP contribution in [0.25, 0.3) is 0 Å².